The molecule has 2 aliphatic rings. The zero-order valence-electron chi connectivity index (χ0n) is 13.7. The maximum Gasteiger partial charge on any atom is 0.325 e. The van der Waals surface area contributed by atoms with Crippen LogP contribution in [-0.4, -0.2) is 39.1 Å². The van der Waals surface area contributed by atoms with E-state index in [1.54, 1.807) is 17.9 Å². The van der Waals surface area contributed by atoms with Gasteiger partial charge in [0.1, 0.15) is 12.1 Å². The first-order valence-electron chi connectivity index (χ1n) is 8.00. The van der Waals surface area contributed by atoms with E-state index in [0.29, 0.717) is 12.1 Å². The van der Waals surface area contributed by atoms with Crippen molar-refractivity contribution in [2.75, 3.05) is 11.9 Å². The first kappa shape index (κ1) is 15.4. The highest BCUT2D eigenvalue weighted by atomic mass is 16.2. The third-order valence-electron chi connectivity index (χ3n) is 4.71. The van der Waals surface area contributed by atoms with Crippen molar-refractivity contribution in [3.05, 3.63) is 47.8 Å². The Bertz CT molecular complexity index is 890. The molecule has 2 aromatic rings. The van der Waals surface area contributed by atoms with E-state index in [-0.39, 0.29) is 12.5 Å². The van der Waals surface area contributed by atoms with Gasteiger partial charge in [-0.1, -0.05) is 24.3 Å². The molecule has 0 saturated carbocycles. The number of rotatable bonds is 3. The Morgan fingerprint density at radius 2 is 2.16 bits per heavy atom. The van der Waals surface area contributed by atoms with Crippen molar-refractivity contribution < 1.29 is 14.4 Å². The van der Waals surface area contributed by atoms with Crippen molar-refractivity contribution in [3.63, 3.8) is 0 Å². The standard InChI is InChI=1S/C17H17N5O3/c1-21-9-12(8-18-21)19-14(23)10-22-15(24)17(20-16(22)25)7-6-11-4-2-3-5-13(11)17/h2-5,8-9H,6-7,10H2,1H3,(H,19,23)(H,20,25). The predicted molar refractivity (Wildman–Crippen MR) is 88.5 cm³/mol. The first-order valence-corrected chi connectivity index (χ1v) is 8.00. The molecule has 4 amide bonds. The second-order valence-electron chi connectivity index (χ2n) is 6.33. The number of nitrogens with one attached hydrogen (secondary N) is 2. The summed E-state index contributed by atoms with van der Waals surface area (Å²) in [4.78, 5) is 38.5. The molecule has 1 aromatic heterocycles. The largest absolute Gasteiger partial charge is 0.325 e. The normalized spacial score (nSPS) is 21.6. The third-order valence-corrected chi connectivity index (χ3v) is 4.71. The van der Waals surface area contributed by atoms with Crippen molar-refractivity contribution in [1.29, 1.82) is 0 Å². The van der Waals surface area contributed by atoms with Crippen molar-refractivity contribution in [2.24, 2.45) is 7.05 Å². The molecule has 1 spiro atoms. The SMILES string of the molecule is Cn1cc(NC(=O)CN2C(=O)NC3(CCc4ccccc43)C2=O)cn1. The van der Waals surface area contributed by atoms with Gasteiger partial charge in [-0.3, -0.25) is 19.2 Å². The number of urea groups is 1. The van der Waals surface area contributed by atoms with Crippen LogP contribution in [0.15, 0.2) is 36.7 Å². The number of carbonyl (C=O) groups is 3. The van der Waals surface area contributed by atoms with Gasteiger partial charge in [-0.25, -0.2) is 4.79 Å². The molecule has 1 fully saturated rings. The fourth-order valence-electron chi connectivity index (χ4n) is 3.56. The molecule has 1 aromatic carbocycles. The Kier molecular flexibility index (Phi) is 3.34. The van der Waals surface area contributed by atoms with E-state index >= 15 is 0 Å². The van der Waals surface area contributed by atoms with Crippen LogP contribution in [0.3, 0.4) is 0 Å². The summed E-state index contributed by atoms with van der Waals surface area (Å²) >= 11 is 0. The van der Waals surface area contributed by atoms with E-state index in [9.17, 15) is 14.4 Å². The van der Waals surface area contributed by atoms with Crippen LogP contribution in [0.5, 0.6) is 0 Å². The van der Waals surface area contributed by atoms with E-state index in [1.807, 2.05) is 24.3 Å². The lowest BCUT2D eigenvalue weighted by Gasteiger charge is -2.22. The minimum absolute atomic E-state index is 0.330. The van der Waals surface area contributed by atoms with Gasteiger partial charge in [0, 0.05) is 13.2 Å². The van der Waals surface area contributed by atoms with Gasteiger partial charge < -0.3 is 10.6 Å². The molecule has 1 aliphatic heterocycles. The van der Waals surface area contributed by atoms with Crippen LogP contribution in [0, 0.1) is 0 Å². The van der Waals surface area contributed by atoms with E-state index in [2.05, 4.69) is 15.7 Å². The van der Waals surface area contributed by atoms with E-state index in [0.717, 1.165) is 22.4 Å². The van der Waals surface area contributed by atoms with Crippen molar-refractivity contribution in [3.8, 4) is 0 Å². The summed E-state index contributed by atoms with van der Waals surface area (Å²) in [5.74, 6) is -0.816. The molecule has 128 valence electrons. The summed E-state index contributed by atoms with van der Waals surface area (Å²) in [5.41, 5.74) is 1.35. The number of anilines is 1. The molecule has 0 radical (unpaired) electrons. The molecular weight excluding hydrogens is 322 g/mol. The molecule has 2 N–H and O–H groups in total. The van der Waals surface area contributed by atoms with Gasteiger partial charge in [-0.15, -0.1) is 0 Å². The molecule has 25 heavy (non-hydrogen) atoms. The number of amides is 4. The first-order chi connectivity index (χ1) is 12.0. The van der Waals surface area contributed by atoms with Crippen molar-refractivity contribution >= 4 is 23.5 Å². The molecule has 1 aliphatic carbocycles. The number of benzene rings is 1. The summed E-state index contributed by atoms with van der Waals surface area (Å²) in [6, 6.07) is 7.05. The number of hydrogen-bond acceptors (Lipinski definition) is 4. The highest BCUT2D eigenvalue weighted by Gasteiger charge is 2.55. The average molecular weight is 339 g/mol. The van der Waals surface area contributed by atoms with Gasteiger partial charge >= 0.3 is 6.03 Å². The molecular formula is C17H17N5O3. The number of nitrogens with zero attached hydrogens (tertiary/aromatic N) is 3. The summed E-state index contributed by atoms with van der Waals surface area (Å²) < 4.78 is 1.55. The topological polar surface area (TPSA) is 96.3 Å². The number of aromatic nitrogens is 2. The van der Waals surface area contributed by atoms with Crippen LogP contribution < -0.4 is 10.6 Å². The summed E-state index contributed by atoms with van der Waals surface area (Å²) in [7, 11) is 1.73. The molecule has 1 saturated heterocycles. The number of imide groups is 1. The molecule has 1 unspecified atom stereocenters. The highest BCUT2D eigenvalue weighted by molar-refractivity contribution is 6.10. The molecule has 8 nitrogen and oxygen atoms in total. The smallest absolute Gasteiger partial charge is 0.322 e. The fourth-order valence-corrected chi connectivity index (χ4v) is 3.56. The summed E-state index contributed by atoms with van der Waals surface area (Å²) in [6.45, 7) is -0.330. The molecule has 8 heteroatoms. The van der Waals surface area contributed by atoms with Crippen LogP contribution in [-0.2, 0) is 28.6 Å². The van der Waals surface area contributed by atoms with Crippen LogP contribution >= 0.6 is 0 Å². The van der Waals surface area contributed by atoms with Gasteiger partial charge in [0.15, 0.2) is 0 Å². The van der Waals surface area contributed by atoms with Gasteiger partial charge in [0.25, 0.3) is 5.91 Å². The third kappa shape index (κ3) is 2.37. The lowest BCUT2D eigenvalue weighted by molar-refractivity contribution is -0.134. The number of carbonyl (C=O) groups excluding carboxylic acids is 3. The Morgan fingerprint density at radius 1 is 1.36 bits per heavy atom. The van der Waals surface area contributed by atoms with Crippen molar-refractivity contribution in [1.82, 2.24) is 20.0 Å². The number of aryl methyl sites for hydroxylation is 2. The van der Waals surface area contributed by atoms with Gasteiger partial charge in [0.2, 0.25) is 5.91 Å². The minimum Gasteiger partial charge on any atom is -0.322 e. The number of hydrogen-bond donors (Lipinski definition) is 2. The highest BCUT2D eigenvalue weighted by Crippen LogP contribution is 2.41. The maximum absolute atomic E-state index is 12.9. The van der Waals surface area contributed by atoms with Gasteiger partial charge in [0.05, 0.1) is 11.9 Å². The molecule has 4 rings (SSSR count). The Hall–Kier alpha value is -3.16. The zero-order chi connectivity index (χ0) is 17.6. The van der Waals surface area contributed by atoms with Crippen LogP contribution in [0.2, 0.25) is 0 Å². The lowest BCUT2D eigenvalue weighted by Crippen LogP contribution is -2.42. The predicted octanol–water partition coefficient (Wildman–Crippen LogP) is 0.752. The second-order valence-corrected chi connectivity index (χ2v) is 6.33. The quantitative estimate of drug-likeness (QED) is 0.807. The molecule has 0 bridgehead atoms. The minimum atomic E-state index is -1.04. The maximum atomic E-state index is 12.9. The molecule has 2 heterocycles. The summed E-state index contributed by atoms with van der Waals surface area (Å²) in [6.07, 6.45) is 4.37. The Labute approximate surface area is 143 Å². The van der Waals surface area contributed by atoms with E-state index in [1.165, 1.54) is 6.20 Å². The van der Waals surface area contributed by atoms with Crippen molar-refractivity contribution in [2.45, 2.75) is 18.4 Å². The summed E-state index contributed by atoms with van der Waals surface area (Å²) in [5, 5.41) is 9.39. The fraction of sp³-hybridized carbons (Fsp3) is 0.294. The lowest BCUT2D eigenvalue weighted by atomic mass is 9.92. The number of fused-ring (bicyclic) bond motifs is 2. The Balaban J connectivity index is 1.53. The zero-order valence-corrected chi connectivity index (χ0v) is 13.7. The Morgan fingerprint density at radius 3 is 2.92 bits per heavy atom. The average Bonchev–Trinajstić information content (AvgIpc) is 3.22. The van der Waals surface area contributed by atoms with Gasteiger partial charge in [-0.05, 0) is 24.0 Å². The van der Waals surface area contributed by atoms with Crippen LogP contribution in [0.4, 0.5) is 10.5 Å². The van der Waals surface area contributed by atoms with E-state index in [4.69, 9.17) is 0 Å². The monoisotopic (exact) mass is 339 g/mol. The second kappa shape index (κ2) is 5.44. The van der Waals surface area contributed by atoms with Gasteiger partial charge in [-0.2, -0.15) is 5.10 Å². The van der Waals surface area contributed by atoms with E-state index < -0.39 is 17.5 Å². The molecule has 1 atom stereocenters. The van der Waals surface area contributed by atoms with Crippen LogP contribution in [0.25, 0.3) is 0 Å². The van der Waals surface area contributed by atoms with Crippen LogP contribution in [0.1, 0.15) is 17.5 Å².